The van der Waals surface area contributed by atoms with E-state index in [-0.39, 0.29) is 11.8 Å². The van der Waals surface area contributed by atoms with Crippen LogP contribution in [0, 0.1) is 5.82 Å². The molecule has 0 bridgehead atoms. The Labute approximate surface area is 170 Å². The van der Waals surface area contributed by atoms with Gasteiger partial charge in [-0.25, -0.2) is 4.39 Å². The van der Waals surface area contributed by atoms with E-state index in [4.69, 9.17) is 17.3 Å². The van der Waals surface area contributed by atoms with Crippen LogP contribution in [0.3, 0.4) is 0 Å². The maximum Gasteiger partial charge on any atom is 0.249 e. The van der Waals surface area contributed by atoms with Crippen LogP contribution in [0.4, 0.5) is 22.0 Å². The zero-order valence-corrected chi connectivity index (χ0v) is 16.1. The Morgan fingerprint density at radius 3 is 2.14 bits per heavy atom. The number of rotatable bonds is 5. The first kappa shape index (κ1) is 18.3. The van der Waals surface area contributed by atoms with Gasteiger partial charge in [0.05, 0.1) is 0 Å². The van der Waals surface area contributed by atoms with E-state index in [0.29, 0.717) is 11.0 Å². The molecule has 4 rings (SSSR count). The number of nitrogens with zero attached hydrogens (tertiary/aromatic N) is 3. The highest BCUT2D eigenvalue weighted by Gasteiger charge is 2.09. The number of benzene rings is 3. The lowest BCUT2D eigenvalue weighted by Crippen LogP contribution is -1.97. The van der Waals surface area contributed by atoms with Crippen LogP contribution < -0.4 is 11.1 Å². The van der Waals surface area contributed by atoms with Crippen LogP contribution in [0.1, 0.15) is 0 Å². The van der Waals surface area contributed by atoms with Crippen LogP contribution in [0.2, 0.25) is 5.02 Å². The Kier molecular flexibility index (Phi) is 5.18. The molecule has 0 spiro atoms. The fourth-order valence-corrected chi connectivity index (χ4v) is 3.38. The molecule has 0 aliphatic heterocycles. The van der Waals surface area contributed by atoms with E-state index in [1.54, 1.807) is 28.4 Å². The van der Waals surface area contributed by atoms with Gasteiger partial charge in [-0.2, -0.15) is 9.07 Å². The molecule has 0 amide bonds. The molecule has 1 aromatic heterocycles. The molecule has 0 radical (unpaired) electrons. The second-order valence-electron chi connectivity index (χ2n) is 5.92. The lowest BCUT2D eigenvalue weighted by Gasteiger charge is -2.05. The molecule has 0 fully saturated rings. The Bertz CT molecular complexity index is 1080. The summed E-state index contributed by atoms with van der Waals surface area (Å²) >= 11 is 7.24. The molecule has 3 aromatic carbocycles. The fourth-order valence-electron chi connectivity index (χ4n) is 2.54. The Morgan fingerprint density at radius 2 is 1.50 bits per heavy atom. The van der Waals surface area contributed by atoms with Crippen LogP contribution in [-0.2, 0) is 0 Å². The van der Waals surface area contributed by atoms with Crippen molar-refractivity contribution in [2.45, 2.75) is 4.90 Å². The molecule has 0 unspecified atom stereocenters. The Balaban J connectivity index is 1.47. The topological polar surface area (TPSA) is 68.8 Å². The lowest BCUT2D eigenvalue weighted by atomic mass is 10.1. The van der Waals surface area contributed by atoms with Gasteiger partial charge in [0.2, 0.25) is 11.9 Å². The first-order valence-electron chi connectivity index (χ1n) is 8.36. The summed E-state index contributed by atoms with van der Waals surface area (Å²) in [6, 6.07) is 21.5. The number of hydrogen-bond acceptors (Lipinski definition) is 5. The smallest absolute Gasteiger partial charge is 0.249 e. The zero-order chi connectivity index (χ0) is 19.5. The summed E-state index contributed by atoms with van der Waals surface area (Å²) < 4.78 is 14.6. The predicted molar refractivity (Wildman–Crippen MR) is 112 cm³/mol. The summed E-state index contributed by atoms with van der Waals surface area (Å²) in [6.45, 7) is 0. The highest BCUT2D eigenvalue weighted by atomic mass is 35.5. The van der Waals surface area contributed by atoms with Crippen molar-refractivity contribution in [1.82, 2.24) is 14.2 Å². The van der Waals surface area contributed by atoms with Crippen LogP contribution in [-0.4, -0.2) is 14.2 Å². The quantitative estimate of drug-likeness (QED) is 0.446. The van der Waals surface area contributed by atoms with Crippen molar-refractivity contribution in [2.75, 3.05) is 11.1 Å². The summed E-state index contributed by atoms with van der Waals surface area (Å²) in [5.74, 6) is 0.430. The molecular weight excluding hydrogens is 397 g/mol. The van der Waals surface area contributed by atoms with Crippen LogP contribution in [0.25, 0.3) is 11.1 Å². The Morgan fingerprint density at radius 1 is 0.893 bits per heavy atom. The lowest BCUT2D eigenvalue weighted by molar-refractivity contribution is 0.628. The van der Waals surface area contributed by atoms with Crippen molar-refractivity contribution >= 4 is 41.1 Å². The number of hydrogen-bond donors (Lipinski definition) is 2. The van der Waals surface area contributed by atoms with Gasteiger partial charge in [0.1, 0.15) is 5.82 Å². The van der Waals surface area contributed by atoms with Gasteiger partial charge in [-0.3, -0.25) is 0 Å². The molecule has 5 nitrogen and oxygen atoms in total. The molecule has 0 atom stereocenters. The number of halogens is 2. The van der Waals surface area contributed by atoms with Crippen molar-refractivity contribution < 1.29 is 4.39 Å². The predicted octanol–water partition coefficient (Wildman–Crippen LogP) is 5.62. The largest absolute Gasteiger partial charge is 0.367 e. The first-order valence-corrected chi connectivity index (χ1v) is 9.51. The van der Waals surface area contributed by atoms with Crippen molar-refractivity contribution in [1.29, 1.82) is 0 Å². The van der Waals surface area contributed by atoms with Crippen molar-refractivity contribution in [3.63, 3.8) is 0 Å². The van der Waals surface area contributed by atoms with Crippen molar-refractivity contribution in [3.8, 4) is 11.1 Å². The number of nitrogen functional groups attached to an aromatic ring is 1. The molecule has 0 saturated carbocycles. The summed E-state index contributed by atoms with van der Waals surface area (Å²) in [7, 11) is 0. The van der Waals surface area contributed by atoms with E-state index in [0.717, 1.165) is 21.7 Å². The van der Waals surface area contributed by atoms with Crippen LogP contribution in [0.15, 0.2) is 77.7 Å². The minimum absolute atomic E-state index is 0.249. The van der Waals surface area contributed by atoms with Gasteiger partial charge in [-0.1, -0.05) is 35.9 Å². The summed E-state index contributed by atoms with van der Waals surface area (Å²) in [5.41, 5.74) is 8.74. The van der Waals surface area contributed by atoms with Gasteiger partial charge in [-0.15, -0.1) is 5.10 Å². The SMILES string of the molecule is Nc1nc(Nc2ccc(Cl)cc2)nn1Sc1ccc(-c2ccc(F)cc2)cc1. The highest BCUT2D eigenvalue weighted by molar-refractivity contribution is 7.97. The number of nitrogens with one attached hydrogen (secondary N) is 1. The average molecular weight is 412 g/mol. The molecule has 0 aliphatic rings. The molecule has 8 heteroatoms. The third kappa shape index (κ3) is 4.27. The monoisotopic (exact) mass is 411 g/mol. The number of aromatic nitrogens is 3. The minimum atomic E-state index is -0.249. The van der Waals surface area contributed by atoms with Crippen molar-refractivity contribution in [3.05, 3.63) is 83.6 Å². The van der Waals surface area contributed by atoms with E-state index in [1.807, 2.05) is 36.4 Å². The second kappa shape index (κ2) is 7.92. The normalized spacial score (nSPS) is 10.8. The van der Waals surface area contributed by atoms with Gasteiger partial charge >= 0.3 is 0 Å². The molecular formula is C20H15ClFN5S. The van der Waals surface area contributed by atoms with Crippen molar-refractivity contribution in [2.24, 2.45) is 0 Å². The molecule has 1 heterocycles. The van der Waals surface area contributed by atoms with E-state index in [9.17, 15) is 4.39 Å². The van der Waals surface area contributed by atoms with Crippen LogP contribution in [0.5, 0.6) is 0 Å². The van der Waals surface area contributed by atoms with E-state index < -0.39 is 0 Å². The fraction of sp³-hybridized carbons (Fsp3) is 0. The van der Waals surface area contributed by atoms with E-state index in [2.05, 4.69) is 15.4 Å². The molecule has 3 N–H and O–H groups in total. The number of nitrogens with two attached hydrogens (primary N) is 1. The van der Waals surface area contributed by atoms with Gasteiger partial charge in [0, 0.05) is 27.6 Å². The third-order valence-corrected chi connectivity index (χ3v) is 5.10. The molecule has 0 saturated heterocycles. The van der Waals surface area contributed by atoms with E-state index >= 15 is 0 Å². The minimum Gasteiger partial charge on any atom is -0.367 e. The Hall–Kier alpha value is -3.03. The summed E-state index contributed by atoms with van der Waals surface area (Å²) in [6.07, 6.45) is 0. The molecule has 28 heavy (non-hydrogen) atoms. The van der Waals surface area contributed by atoms with Gasteiger partial charge in [-0.05, 0) is 59.7 Å². The maximum atomic E-state index is 13.1. The molecule has 0 aliphatic carbocycles. The summed E-state index contributed by atoms with van der Waals surface area (Å²) in [4.78, 5) is 5.17. The second-order valence-corrected chi connectivity index (χ2v) is 7.36. The van der Waals surface area contributed by atoms with Crippen LogP contribution >= 0.6 is 23.5 Å². The third-order valence-electron chi connectivity index (χ3n) is 3.93. The number of anilines is 3. The van der Waals surface area contributed by atoms with Gasteiger partial charge in [0.15, 0.2) is 0 Å². The maximum absolute atomic E-state index is 13.1. The zero-order valence-electron chi connectivity index (χ0n) is 14.5. The van der Waals surface area contributed by atoms with E-state index in [1.165, 1.54) is 24.1 Å². The summed E-state index contributed by atoms with van der Waals surface area (Å²) in [5, 5.41) is 8.11. The first-order chi connectivity index (χ1) is 13.6. The highest BCUT2D eigenvalue weighted by Crippen LogP contribution is 2.27. The standard InChI is InChI=1S/C20H15ClFN5S/c21-15-5-9-17(10-6-15)24-20-25-19(23)27(26-20)28-18-11-3-14(4-12-18)13-1-7-16(22)8-2-13/h1-12H,(H3,23,24,25,26). The molecule has 4 aromatic rings. The van der Waals surface area contributed by atoms with Gasteiger partial charge < -0.3 is 11.1 Å². The molecule has 140 valence electrons. The van der Waals surface area contributed by atoms with Gasteiger partial charge in [0.25, 0.3) is 0 Å². The average Bonchev–Trinajstić information content (AvgIpc) is 3.04.